The van der Waals surface area contributed by atoms with E-state index in [2.05, 4.69) is 20.6 Å². The van der Waals surface area contributed by atoms with E-state index >= 15 is 0 Å². The van der Waals surface area contributed by atoms with Crippen LogP contribution in [0, 0.1) is 0 Å². The molecule has 0 bridgehead atoms. The quantitative estimate of drug-likeness (QED) is 0.869. The fourth-order valence-corrected chi connectivity index (χ4v) is 2.18. The zero-order chi connectivity index (χ0) is 15.4. The number of rotatable bonds is 3. The number of carbonyl (C=O) groups excluding carboxylic acids is 2. The van der Waals surface area contributed by atoms with Crippen LogP contribution in [-0.4, -0.2) is 41.4 Å². The molecule has 3 heterocycles. The molecule has 1 aliphatic rings. The molecule has 0 radical (unpaired) electrons. The average Bonchev–Trinajstić information content (AvgIpc) is 2.56. The molecule has 2 amide bonds. The second kappa shape index (κ2) is 6.21. The molecule has 1 aliphatic heterocycles. The molecular formula is C15H15N5O2. The number of nitrogens with zero attached hydrogens (tertiary/aromatic N) is 3. The first-order valence-electron chi connectivity index (χ1n) is 6.91. The second-order valence-electron chi connectivity index (χ2n) is 4.87. The first-order chi connectivity index (χ1) is 10.7. The van der Waals surface area contributed by atoms with Gasteiger partial charge in [-0.25, -0.2) is 4.98 Å². The molecule has 0 saturated carbocycles. The van der Waals surface area contributed by atoms with Crippen LogP contribution in [0.25, 0.3) is 0 Å². The molecule has 2 aromatic rings. The maximum absolute atomic E-state index is 12.0. The largest absolute Gasteiger partial charge is 0.353 e. The minimum Gasteiger partial charge on any atom is -0.353 e. The first-order valence-corrected chi connectivity index (χ1v) is 6.91. The Morgan fingerprint density at radius 1 is 1.27 bits per heavy atom. The van der Waals surface area contributed by atoms with E-state index in [1.54, 1.807) is 36.7 Å². The van der Waals surface area contributed by atoms with Crippen LogP contribution in [0.1, 0.15) is 10.4 Å². The van der Waals surface area contributed by atoms with Crippen molar-refractivity contribution in [3.63, 3.8) is 0 Å². The van der Waals surface area contributed by atoms with Crippen LogP contribution in [0.4, 0.5) is 11.5 Å². The molecule has 1 saturated heterocycles. The summed E-state index contributed by atoms with van der Waals surface area (Å²) >= 11 is 0. The van der Waals surface area contributed by atoms with Gasteiger partial charge in [-0.05, 0) is 24.3 Å². The average molecular weight is 297 g/mol. The van der Waals surface area contributed by atoms with E-state index in [1.807, 2.05) is 4.90 Å². The number of hydrogen-bond donors (Lipinski definition) is 2. The molecular weight excluding hydrogens is 282 g/mol. The standard InChI is InChI=1S/C15H15N5O2/c21-14-10-20(7-6-17-14)13-4-3-12(9-18-13)19-15(22)11-2-1-5-16-8-11/h1-5,8-9H,6-7,10H2,(H,17,21)(H,19,22). The van der Waals surface area contributed by atoms with E-state index in [0.717, 1.165) is 6.54 Å². The Bertz CT molecular complexity index is 672. The number of piperazine rings is 1. The van der Waals surface area contributed by atoms with Crippen LogP contribution in [0.5, 0.6) is 0 Å². The third kappa shape index (κ3) is 3.20. The van der Waals surface area contributed by atoms with Crippen LogP contribution >= 0.6 is 0 Å². The summed E-state index contributed by atoms with van der Waals surface area (Å²) in [7, 11) is 0. The summed E-state index contributed by atoms with van der Waals surface area (Å²) in [4.78, 5) is 33.5. The molecule has 22 heavy (non-hydrogen) atoms. The summed E-state index contributed by atoms with van der Waals surface area (Å²) in [5.74, 6) is 0.469. The summed E-state index contributed by atoms with van der Waals surface area (Å²) in [5, 5.41) is 5.52. The van der Waals surface area contributed by atoms with Crippen LogP contribution in [0.2, 0.25) is 0 Å². The van der Waals surface area contributed by atoms with E-state index in [0.29, 0.717) is 30.2 Å². The molecule has 2 aromatic heterocycles. The fraction of sp³-hybridized carbons (Fsp3) is 0.200. The van der Waals surface area contributed by atoms with Crippen LogP contribution in [0.15, 0.2) is 42.9 Å². The van der Waals surface area contributed by atoms with Crippen molar-refractivity contribution in [2.24, 2.45) is 0 Å². The van der Waals surface area contributed by atoms with Gasteiger partial charge < -0.3 is 15.5 Å². The van der Waals surface area contributed by atoms with Gasteiger partial charge in [0.05, 0.1) is 24.0 Å². The van der Waals surface area contributed by atoms with Crippen LogP contribution in [0.3, 0.4) is 0 Å². The number of nitrogens with one attached hydrogen (secondary N) is 2. The minimum atomic E-state index is -0.236. The van der Waals surface area contributed by atoms with Gasteiger partial charge in [0.2, 0.25) is 5.91 Å². The predicted molar refractivity (Wildman–Crippen MR) is 81.6 cm³/mol. The lowest BCUT2D eigenvalue weighted by molar-refractivity contribution is -0.120. The molecule has 7 nitrogen and oxygen atoms in total. The van der Waals surface area contributed by atoms with E-state index < -0.39 is 0 Å². The summed E-state index contributed by atoms with van der Waals surface area (Å²) < 4.78 is 0. The molecule has 0 spiro atoms. The van der Waals surface area contributed by atoms with E-state index in [9.17, 15) is 9.59 Å². The van der Waals surface area contributed by atoms with Crippen LogP contribution < -0.4 is 15.5 Å². The highest BCUT2D eigenvalue weighted by atomic mass is 16.2. The maximum Gasteiger partial charge on any atom is 0.257 e. The molecule has 112 valence electrons. The van der Waals surface area contributed by atoms with Crippen molar-refractivity contribution in [2.75, 3.05) is 29.9 Å². The van der Waals surface area contributed by atoms with Gasteiger partial charge in [-0.3, -0.25) is 14.6 Å². The summed E-state index contributed by atoms with van der Waals surface area (Å²) in [6, 6.07) is 6.95. The van der Waals surface area contributed by atoms with E-state index in [1.165, 1.54) is 6.20 Å². The monoisotopic (exact) mass is 297 g/mol. The Morgan fingerprint density at radius 2 is 2.18 bits per heavy atom. The van der Waals surface area contributed by atoms with E-state index in [-0.39, 0.29) is 11.8 Å². The van der Waals surface area contributed by atoms with Gasteiger partial charge in [0.1, 0.15) is 5.82 Å². The van der Waals surface area contributed by atoms with E-state index in [4.69, 9.17) is 0 Å². The lowest BCUT2D eigenvalue weighted by Gasteiger charge is -2.27. The molecule has 3 rings (SSSR count). The lowest BCUT2D eigenvalue weighted by atomic mass is 10.2. The van der Waals surface area contributed by atoms with Crippen molar-refractivity contribution in [1.82, 2.24) is 15.3 Å². The van der Waals surface area contributed by atoms with Crippen LogP contribution in [-0.2, 0) is 4.79 Å². The molecule has 1 fully saturated rings. The van der Waals surface area contributed by atoms with Crippen molar-refractivity contribution >= 4 is 23.3 Å². The SMILES string of the molecule is O=C1CN(c2ccc(NC(=O)c3cccnc3)cn2)CCN1. The third-order valence-electron chi connectivity index (χ3n) is 3.29. The van der Waals surface area contributed by atoms with Crippen molar-refractivity contribution in [2.45, 2.75) is 0 Å². The van der Waals surface area contributed by atoms with Crippen molar-refractivity contribution < 1.29 is 9.59 Å². The molecule has 2 N–H and O–H groups in total. The van der Waals surface area contributed by atoms with Gasteiger partial charge in [0.15, 0.2) is 0 Å². The first kappa shape index (κ1) is 14.0. The van der Waals surface area contributed by atoms with Crippen molar-refractivity contribution in [3.8, 4) is 0 Å². The van der Waals surface area contributed by atoms with Gasteiger partial charge in [-0.1, -0.05) is 0 Å². The van der Waals surface area contributed by atoms with Gasteiger partial charge in [0, 0.05) is 25.5 Å². The van der Waals surface area contributed by atoms with Gasteiger partial charge >= 0.3 is 0 Å². The molecule has 0 aromatic carbocycles. The molecule has 7 heteroatoms. The molecule has 0 atom stereocenters. The number of hydrogen-bond acceptors (Lipinski definition) is 5. The van der Waals surface area contributed by atoms with Crippen molar-refractivity contribution in [3.05, 3.63) is 48.4 Å². The Hall–Kier alpha value is -2.96. The second-order valence-corrected chi connectivity index (χ2v) is 4.87. The highest BCUT2D eigenvalue weighted by molar-refractivity contribution is 6.03. The summed E-state index contributed by atoms with van der Waals surface area (Å²) in [5.41, 5.74) is 1.08. The maximum atomic E-state index is 12.0. The smallest absolute Gasteiger partial charge is 0.257 e. The normalized spacial score (nSPS) is 14.4. The topological polar surface area (TPSA) is 87.2 Å². The Morgan fingerprint density at radius 3 is 2.86 bits per heavy atom. The zero-order valence-electron chi connectivity index (χ0n) is 11.8. The Kier molecular flexibility index (Phi) is 3.95. The third-order valence-corrected chi connectivity index (χ3v) is 3.29. The minimum absolute atomic E-state index is 0.0120. The molecule has 0 aliphatic carbocycles. The van der Waals surface area contributed by atoms with Gasteiger partial charge in [0.25, 0.3) is 5.91 Å². The van der Waals surface area contributed by atoms with Gasteiger partial charge in [-0.15, -0.1) is 0 Å². The summed E-state index contributed by atoms with van der Waals surface area (Å²) in [6.07, 6.45) is 4.70. The Labute approximate surface area is 127 Å². The fourth-order valence-electron chi connectivity index (χ4n) is 2.18. The highest BCUT2D eigenvalue weighted by Gasteiger charge is 2.17. The van der Waals surface area contributed by atoms with Crippen molar-refractivity contribution in [1.29, 1.82) is 0 Å². The number of amides is 2. The number of carbonyl (C=O) groups is 2. The lowest BCUT2D eigenvalue weighted by Crippen LogP contribution is -2.48. The predicted octanol–water partition coefficient (Wildman–Crippen LogP) is 0.665. The number of pyridine rings is 2. The summed E-state index contributed by atoms with van der Waals surface area (Å²) in [6.45, 7) is 1.63. The highest BCUT2D eigenvalue weighted by Crippen LogP contribution is 2.15. The Balaban J connectivity index is 1.67. The number of anilines is 2. The van der Waals surface area contributed by atoms with Gasteiger partial charge in [-0.2, -0.15) is 0 Å². The zero-order valence-corrected chi connectivity index (χ0v) is 11.8. The molecule has 0 unspecified atom stereocenters. The number of aromatic nitrogens is 2.